The zero-order valence-corrected chi connectivity index (χ0v) is 17.3. The molecule has 0 saturated carbocycles. The summed E-state index contributed by atoms with van der Waals surface area (Å²) in [5.41, 5.74) is 6.60. The highest BCUT2D eigenvalue weighted by Crippen LogP contribution is 2.27. The largest absolute Gasteiger partial charge is 0.330 e. The molecule has 0 aliphatic carbocycles. The predicted octanol–water partition coefficient (Wildman–Crippen LogP) is 2.72. The zero-order chi connectivity index (χ0) is 14.7. The summed E-state index contributed by atoms with van der Waals surface area (Å²) < 4.78 is 3.33. The number of nitrogens with zero attached hydrogens (tertiary/aromatic N) is 1. The van der Waals surface area contributed by atoms with Crippen LogP contribution in [0.4, 0.5) is 5.69 Å². The smallest absolute Gasteiger partial charge is 0.238 e. The summed E-state index contributed by atoms with van der Waals surface area (Å²) in [6.45, 7) is 3.07. The Morgan fingerprint density at radius 1 is 1.35 bits per heavy atom. The molecule has 1 saturated heterocycles. The van der Waals surface area contributed by atoms with Gasteiger partial charge in [0.25, 0.3) is 0 Å². The van der Waals surface area contributed by atoms with E-state index in [-0.39, 0.29) is 5.91 Å². The molecule has 4 nitrogen and oxygen atoms in total. The van der Waals surface area contributed by atoms with Crippen molar-refractivity contribution in [2.45, 2.75) is 6.42 Å². The topological polar surface area (TPSA) is 58.4 Å². The van der Waals surface area contributed by atoms with Gasteiger partial charge in [-0.15, -0.1) is 0 Å². The van der Waals surface area contributed by atoms with Crippen LogP contribution in [0.2, 0.25) is 0 Å². The first-order chi connectivity index (χ1) is 9.49. The highest BCUT2D eigenvalue weighted by molar-refractivity contribution is 14.1. The molecule has 1 aromatic carbocycles. The SMILES string of the molecule is NCC1CCN(CC(=O)Nc2c(I)cc(I)cc2I)C1. The lowest BCUT2D eigenvalue weighted by atomic mass is 10.1. The van der Waals surface area contributed by atoms with Gasteiger partial charge in [0.1, 0.15) is 0 Å². The molecule has 7 heteroatoms. The second kappa shape index (κ2) is 7.88. The van der Waals surface area contributed by atoms with Gasteiger partial charge in [-0.1, -0.05) is 0 Å². The highest BCUT2D eigenvalue weighted by Gasteiger charge is 2.23. The third kappa shape index (κ3) is 4.65. The van der Waals surface area contributed by atoms with Gasteiger partial charge in [0, 0.05) is 17.3 Å². The van der Waals surface area contributed by atoms with Gasteiger partial charge in [0.15, 0.2) is 0 Å². The fourth-order valence-electron chi connectivity index (χ4n) is 2.29. The third-order valence-corrected chi connectivity index (χ3v) is 5.67. The van der Waals surface area contributed by atoms with Crippen LogP contribution in [0.5, 0.6) is 0 Å². The summed E-state index contributed by atoms with van der Waals surface area (Å²) in [6, 6.07) is 4.14. The number of benzene rings is 1. The van der Waals surface area contributed by atoms with E-state index >= 15 is 0 Å². The van der Waals surface area contributed by atoms with Crippen molar-refractivity contribution < 1.29 is 4.79 Å². The van der Waals surface area contributed by atoms with Crippen LogP contribution in [0.25, 0.3) is 0 Å². The van der Waals surface area contributed by atoms with E-state index in [4.69, 9.17) is 5.73 Å². The predicted molar refractivity (Wildman–Crippen MR) is 107 cm³/mol. The van der Waals surface area contributed by atoms with Crippen LogP contribution in [0.1, 0.15) is 6.42 Å². The van der Waals surface area contributed by atoms with Crippen molar-refractivity contribution in [2.75, 3.05) is 31.5 Å². The standard InChI is InChI=1S/C13H16I3N3O/c14-9-3-10(15)13(11(16)4-9)18-12(20)7-19-2-1-8(5-17)6-19/h3-4,8H,1-2,5-7,17H2,(H,18,20). The van der Waals surface area contributed by atoms with Crippen LogP contribution in [-0.4, -0.2) is 37.0 Å². The van der Waals surface area contributed by atoms with Gasteiger partial charge in [0.2, 0.25) is 5.91 Å². The lowest BCUT2D eigenvalue weighted by Gasteiger charge is -2.16. The molecule has 1 amide bonds. The monoisotopic (exact) mass is 611 g/mol. The minimum Gasteiger partial charge on any atom is -0.330 e. The van der Waals surface area contributed by atoms with Crippen LogP contribution in [-0.2, 0) is 4.79 Å². The summed E-state index contributed by atoms with van der Waals surface area (Å²) in [4.78, 5) is 14.3. The Labute approximate surface area is 160 Å². The van der Waals surface area contributed by atoms with E-state index in [9.17, 15) is 4.79 Å². The summed E-state index contributed by atoms with van der Waals surface area (Å²) in [5, 5.41) is 3.04. The summed E-state index contributed by atoms with van der Waals surface area (Å²) in [7, 11) is 0. The van der Waals surface area contributed by atoms with Gasteiger partial charge in [0.05, 0.1) is 12.2 Å². The van der Waals surface area contributed by atoms with E-state index in [0.29, 0.717) is 19.0 Å². The molecule has 3 N–H and O–H groups in total. The first-order valence-electron chi connectivity index (χ1n) is 6.36. The first-order valence-corrected chi connectivity index (χ1v) is 9.60. The first kappa shape index (κ1) is 17.2. The van der Waals surface area contributed by atoms with Gasteiger partial charge in [-0.2, -0.15) is 0 Å². The number of anilines is 1. The fourth-order valence-corrected chi connectivity index (χ4v) is 6.14. The number of amides is 1. The average molecular weight is 611 g/mol. The maximum absolute atomic E-state index is 12.2. The number of nitrogens with one attached hydrogen (secondary N) is 1. The van der Waals surface area contributed by atoms with Crippen LogP contribution in [0, 0.1) is 16.6 Å². The number of hydrogen-bond donors (Lipinski definition) is 2. The van der Waals surface area contributed by atoms with E-state index in [1.807, 2.05) is 0 Å². The molecule has 1 fully saturated rings. The Balaban J connectivity index is 1.95. The number of carbonyl (C=O) groups is 1. The van der Waals surface area contributed by atoms with Gasteiger partial charge < -0.3 is 11.1 Å². The van der Waals surface area contributed by atoms with Crippen molar-refractivity contribution in [2.24, 2.45) is 11.7 Å². The summed E-state index contributed by atoms with van der Waals surface area (Å²) >= 11 is 6.81. The van der Waals surface area contributed by atoms with Gasteiger partial charge in [-0.05, 0) is 105 Å². The van der Waals surface area contributed by atoms with Crippen LogP contribution < -0.4 is 11.1 Å². The number of hydrogen-bond acceptors (Lipinski definition) is 3. The zero-order valence-electron chi connectivity index (χ0n) is 10.8. The Bertz CT molecular complexity index is 487. The second-order valence-electron chi connectivity index (χ2n) is 4.92. The highest BCUT2D eigenvalue weighted by atomic mass is 127. The number of nitrogens with two attached hydrogens (primary N) is 1. The molecule has 20 heavy (non-hydrogen) atoms. The van der Waals surface area contributed by atoms with Crippen LogP contribution >= 0.6 is 67.8 Å². The van der Waals surface area contributed by atoms with E-state index in [0.717, 1.165) is 32.3 Å². The Morgan fingerprint density at radius 3 is 2.55 bits per heavy atom. The molecule has 0 spiro atoms. The lowest BCUT2D eigenvalue weighted by molar-refractivity contribution is -0.117. The summed E-state index contributed by atoms with van der Waals surface area (Å²) in [6.07, 6.45) is 1.10. The molecule has 1 atom stereocenters. The van der Waals surface area contributed by atoms with Crippen molar-refractivity contribution in [3.05, 3.63) is 22.8 Å². The number of likely N-dealkylation sites (tertiary alicyclic amines) is 1. The van der Waals surface area contributed by atoms with Crippen molar-refractivity contribution in [1.82, 2.24) is 4.90 Å². The Hall–Kier alpha value is 0.800. The number of rotatable bonds is 4. The van der Waals surface area contributed by atoms with Gasteiger partial charge in [-0.3, -0.25) is 9.69 Å². The molecule has 110 valence electrons. The molecule has 0 bridgehead atoms. The van der Waals surface area contributed by atoms with Crippen LogP contribution in [0.15, 0.2) is 12.1 Å². The molecule has 1 aliphatic heterocycles. The number of carbonyl (C=O) groups excluding carboxylic acids is 1. The van der Waals surface area contributed by atoms with E-state index < -0.39 is 0 Å². The van der Waals surface area contributed by atoms with Crippen molar-refractivity contribution in [3.8, 4) is 0 Å². The maximum atomic E-state index is 12.2. The lowest BCUT2D eigenvalue weighted by Crippen LogP contribution is -2.32. The van der Waals surface area contributed by atoms with E-state index in [2.05, 4.69) is 90.1 Å². The molecule has 1 unspecified atom stereocenters. The van der Waals surface area contributed by atoms with Crippen molar-refractivity contribution >= 4 is 79.4 Å². The maximum Gasteiger partial charge on any atom is 0.238 e. The van der Waals surface area contributed by atoms with E-state index in [1.54, 1.807) is 0 Å². The molecule has 2 rings (SSSR count). The van der Waals surface area contributed by atoms with Gasteiger partial charge >= 0.3 is 0 Å². The summed E-state index contributed by atoms with van der Waals surface area (Å²) in [5.74, 6) is 0.598. The Morgan fingerprint density at radius 2 is 2.00 bits per heavy atom. The van der Waals surface area contributed by atoms with Gasteiger partial charge in [-0.25, -0.2) is 0 Å². The molecule has 1 aliphatic rings. The minimum atomic E-state index is 0.0553. The minimum absolute atomic E-state index is 0.0553. The Kier molecular flexibility index (Phi) is 6.76. The fraction of sp³-hybridized carbons (Fsp3) is 0.462. The second-order valence-corrected chi connectivity index (χ2v) is 8.49. The quantitative estimate of drug-likeness (QED) is 0.516. The molecular formula is C13H16I3N3O. The average Bonchev–Trinajstić information content (AvgIpc) is 2.81. The molecule has 0 aromatic heterocycles. The van der Waals surface area contributed by atoms with E-state index in [1.165, 1.54) is 3.57 Å². The molecule has 0 radical (unpaired) electrons. The third-order valence-electron chi connectivity index (χ3n) is 3.34. The molecular weight excluding hydrogens is 595 g/mol. The van der Waals surface area contributed by atoms with Crippen LogP contribution in [0.3, 0.4) is 0 Å². The molecule has 1 heterocycles. The van der Waals surface area contributed by atoms with Crippen molar-refractivity contribution in [1.29, 1.82) is 0 Å². The number of halogens is 3. The van der Waals surface area contributed by atoms with Crippen molar-refractivity contribution in [3.63, 3.8) is 0 Å². The molecule has 1 aromatic rings. The normalized spacial score (nSPS) is 19.3.